The van der Waals surface area contributed by atoms with Crippen molar-refractivity contribution in [3.63, 3.8) is 0 Å². The largest absolute Gasteiger partial charge is 0.342 e. The summed E-state index contributed by atoms with van der Waals surface area (Å²) in [7, 11) is -1.67. The minimum absolute atomic E-state index is 0. The van der Waals surface area contributed by atoms with Crippen molar-refractivity contribution in [2.24, 2.45) is 11.8 Å². The Kier molecular flexibility index (Phi) is 9.00. The topological polar surface area (TPSA) is 66.5 Å². The minimum atomic E-state index is -3.61. The molecule has 8 heteroatoms. The number of piperidine rings is 1. The number of hydrogen-bond donors (Lipinski definition) is 1. The second-order valence-corrected chi connectivity index (χ2v) is 8.83. The maximum Gasteiger partial charge on any atom is 0.226 e. The van der Waals surface area contributed by atoms with Crippen molar-refractivity contribution in [3.05, 3.63) is 30.1 Å². The number of likely N-dealkylation sites (tertiary alicyclic amines) is 1. The van der Waals surface area contributed by atoms with Gasteiger partial charge in [0.1, 0.15) is 5.82 Å². The molecule has 1 fully saturated rings. The van der Waals surface area contributed by atoms with E-state index in [9.17, 15) is 17.6 Å². The number of nitrogens with zero attached hydrogens (tertiary/aromatic N) is 1. The molecule has 1 aromatic rings. The van der Waals surface area contributed by atoms with Gasteiger partial charge in [-0.2, -0.15) is 0 Å². The van der Waals surface area contributed by atoms with Gasteiger partial charge in [-0.25, -0.2) is 12.8 Å². The van der Waals surface area contributed by atoms with Crippen LogP contribution in [0.2, 0.25) is 0 Å². The van der Waals surface area contributed by atoms with Gasteiger partial charge in [0, 0.05) is 19.0 Å². The van der Waals surface area contributed by atoms with Gasteiger partial charge in [0.15, 0.2) is 9.84 Å². The van der Waals surface area contributed by atoms with Gasteiger partial charge in [0.2, 0.25) is 5.91 Å². The summed E-state index contributed by atoms with van der Waals surface area (Å²) in [6, 6.07) is 4.73. The molecule has 1 amide bonds. The lowest BCUT2D eigenvalue weighted by Gasteiger charge is -2.33. The fourth-order valence-electron chi connectivity index (χ4n) is 3.24. The number of carbonyl (C=O) groups excluding carboxylic acids is 1. The molecule has 0 aliphatic carbocycles. The van der Waals surface area contributed by atoms with Crippen molar-refractivity contribution in [1.29, 1.82) is 0 Å². The zero-order chi connectivity index (χ0) is 18.4. The number of hydrogen-bond acceptors (Lipinski definition) is 4. The molecule has 1 aliphatic heterocycles. The smallest absolute Gasteiger partial charge is 0.226 e. The van der Waals surface area contributed by atoms with Gasteiger partial charge in [-0.1, -0.05) is 6.92 Å². The summed E-state index contributed by atoms with van der Waals surface area (Å²) in [5, 5.41) is 3.14. The van der Waals surface area contributed by atoms with Crippen molar-refractivity contribution in [1.82, 2.24) is 10.2 Å². The second-order valence-electron chi connectivity index (χ2n) is 6.80. The number of halogens is 2. The Bertz CT molecular complexity index is 674. The standard InChI is InChI=1S/C18H27FN2O3S.ClH/c1-14(13-25(23,24)17-5-3-16(19)4-6-17)18(22)21-11-8-15(9-12-21)7-10-20-2;/h3-6,14-15,20H,7-13H2,1-2H3;1H. The Morgan fingerprint density at radius 2 is 1.85 bits per heavy atom. The molecular formula is C18H28ClFN2O3S. The predicted molar refractivity (Wildman–Crippen MR) is 103 cm³/mol. The van der Waals surface area contributed by atoms with Crippen LogP contribution in [-0.4, -0.2) is 51.7 Å². The first-order chi connectivity index (χ1) is 11.8. The quantitative estimate of drug-likeness (QED) is 0.706. The molecule has 0 radical (unpaired) electrons. The predicted octanol–water partition coefficient (Wildman–Crippen LogP) is 2.51. The highest BCUT2D eigenvalue weighted by Gasteiger charge is 2.29. The van der Waals surface area contributed by atoms with Crippen LogP contribution in [0.5, 0.6) is 0 Å². The highest BCUT2D eigenvalue weighted by Crippen LogP contribution is 2.22. The first-order valence-electron chi connectivity index (χ1n) is 8.75. The van der Waals surface area contributed by atoms with E-state index in [0.29, 0.717) is 19.0 Å². The first kappa shape index (κ1) is 22.9. The van der Waals surface area contributed by atoms with Crippen LogP contribution in [0, 0.1) is 17.7 Å². The molecule has 1 aromatic carbocycles. The SMILES string of the molecule is CNCCC1CCN(C(=O)C(C)CS(=O)(=O)c2ccc(F)cc2)CC1.Cl. The van der Waals surface area contributed by atoms with Crippen LogP contribution in [0.4, 0.5) is 4.39 Å². The van der Waals surface area contributed by atoms with E-state index in [1.165, 1.54) is 12.1 Å². The van der Waals surface area contributed by atoms with Crippen molar-refractivity contribution in [2.75, 3.05) is 32.4 Å². The Hall–Kier alpha value is -1.18. The number of carbonyl (C=O) groups is 1. The van der Waals surface area contributed by atoms with Gasteiger partial charge < -0.3 is 10.2 Å². The summed E-state index contributed by atoms with van der Waals surface area (Å²) in [6.45, 7) is 4.00. The number of rotatable bonds is 7. The summed E-state index contributed by atoms with van der Waals surface area (Å²) < 4.78 is 37.8. The zero-order valence-electron chi connectivity index (χ0n) is 15.3. The van der Waals surface area contributed by atoms with E-state index in [-0.39, 0.29) is 29.0 Å². The van der Waals surface area contributed by atoms with Crippen molar-refractivity contribution < 1.29 is 17.6 Å². The van der Waals surface area contributed by atoms with E-state index >= 15 is 0 Å². The molecule has 0 saturated carbocycles. The van der Waals surface area contributed by atoms with E-state index in [4.69, 9.17) is 0 Å². The monoisotopic (exact) mass is 406 g/mol. The maximum atomic E-state index is 13.0. The van der Waals surface area contributed by atoms with Crippen LogP contribution in [0.1, 0.15) is 26.2 Å². The molecule has 148 valence electrons. The lowest BCUT2D eigenvalue weighted by atomic mass is 9.93. The van der Waals surface area contributed by atoms with Crippen molar-refractivity contribution in [3.8, 4) is 0 Å². The van der Waals surface area contributed by atoms with Crippen LogP contribution in [0.25, 0.3) is 0 Å². The van der Waals surface area contributed by atoms with E-state index in [0.717, 1.165) is 37.9 Å². The Balaban J connectivity index is 0.00000338. The normalized spacial score (nSPS) is 16.8. The van der Waals surface area contributed by atoms with E-state index in [2.05, 4.69) is 5.32 Å². The fourth-order valence-corrected chi connectivity index (χ4v) is 4.78. The summed E-state index contributed by atoms with van der Waals surface area (Å²) in [5.41, 5.74) is 0. The van der Waals surface area contributed by atoms with Crippen LogP contribution in [0.3, 0.4) is 0 Å². The van der Waals surface area contributed by atoms with Gasteiger partial charge >= 0.3 is 0 Å². The van der Waals surface area contributed by atoms with Gasteiger partial charge in [-0.15, -0.1) is 12.4 Å². The number of benzene rings is 1. The summed E-state index contributed by atoms with van der Waals surface area (Å²) in [6.07, 6.45) is 3.03. The van der Waals surface area contributed by atoms with Crippen molar-refractivity contribution >= 4 is 28.2 Å². The van der Waals surface area contributed by atoms with Crippen LogP contribution < -0.4 is 5.32 Å². The Morgan fingerprint density at radius 3 is 2.38 bits per heavy atom. The third-order valence-corrected chi connectivity index (χ3v) is 6.72. The second kappa shape index (κ2) is 10.2. The molecule has 1 heterocycles. The third-order valence-electron chi connectivity index (χ3n) is 4.79. The highest BCUT2D eigenvalue weighted by atomic mass is 35.5. The maximum absolute atomic E-state index is 13.0. The molecule has 1 unspecified atom stereocenters. The van der Waals surface area contributed by atoms with Crippen LogP contribution >= 0.6 is 12.4 Å². The molecule has 26 heavy (non-hydrogen) atoms. The molecule has 1 atom stereocenters. The molecule has 5 nitrogen and oxygen atoms in total. The van der Waals surface area contributed by atoms with E-state index < -0.39 is 21.6 Å². The van der Waals surface area contributed by atoms with Gasteiger partial charge in [-0.05, 0) is 63.0 Å². The molecule has 0 aromatic heterocycles. The molecular weight excluding hydrogens is 379 g/mol. The fraction of sp³-hybridized carbons (Fsp3) is 0.611. The Labute approximate surface area is 161 Å². The summed E-state index contributed by atoms with van der Waals surface area (Å²) in [5.74, 6) is -0.836. The molecule has 0 bridgehead atoms. The minimum Gasteiger partial charge on any atom is -0.342 e. The molecule has 0 spiro atoms. The lowest BCUT2D eigenvalue weighted by molar-refractivity contribution is -0.135. The van der Waals surface area contributed by atoms with Gasteiger partial charge in [-0.3, -0.25) is 4.79 Å². The average molecular weight is 407 g/mol. The highest BCUT2D eigenvalue weighted by molar-refractivity contribution is 7.91. The lowest BCUT2D eigenvalue weighted by Crippen LogP contribution is -2.43. The van der Waals surface area contributed by atoms with Gasteiger partial charge in [0.25, 0.3) is 0 Å². The summed E-state index contributed by atoms with van der Waals surface area (Å²) in [4.78, 5) is 14.4. The zero-order valence-corrected chi connectivity index (χ0v) is 16.9. The van der Waals surface area contributed by atoms with Crippen molar-refractivity contribution in [2.45, 2.75) is 31.1 Å². The van der Waals surface area contributed by atoms with Crippen LogP contribution in [-0.2, 0) is 14.6 Å². The summed E-state index contributed by atoms with van der Waals surface area (Å²) >= 11 is 0. The number of sulfone groups is 1. The third kappa shape index (κ3) is 6.21. The Morgan fingerprint density at radius 1 is 1.27 bits per heavy atom. The molecule has 1 saturated heterocycles. The molecule has 1 aliphatic rings. The van der Waals surface area contributed by atoms with Crippen LogP contribution in [0.15, 0.2) is 29.2 Å². The first-order valence-corrected chi connectivity index (χ1v) is 10.4. The number of amides is 1. The molecule has 2 rings (SSSR count). The molecule has 1 N–H and O–H groups in total. The average Bonchev–Trinajstić information content (AvgIpc) is 2.59. The van der Waals surface area contributed by atoms with Gasteiger partial charge in [0.05, 0.1) is 10.6 Å². The van der Waals surface area contributed by atoms with E-state index in [1.807, 2.05) is 7.05 Å². The van der Waals surface area contributed by atoms with E-state index in [1.54, 1.807) is 11.8 Å². The number of nitrogens with one attached hydrogen (secondary N) is 1.